The molecule has 0 saturated heterocycles. The zero-order valence-corrected chi connectivity index (χ0v) is 69.5. The number of ether oxygens (including phenoxy) is 6. The lowest BCUT2D eigenvalue weighted by molar-refractivity contribution is 0.406. The van der Waals surface area contributed by atoms with Gasteiger partial charge in [0.15, 0.2) is 34.8 Å². The number of nitrogens with one attached hydrogen (secondary N) is 2. The van der Waals surface area contributed by atoms with Gasteiger partial charge in [-0.15, -0.1) is 5.10 Å². The number of nitrogens with zero attached hydrogens (tertiary/aromatic N) is 26. The molecule has 0 spiro atoms. The molecule has 16 heterocycles. The number of halogens is 4. The van der Waals surface area contributed by atoms with Crippen molar-refractivity contribution in [3.05, 3.63) is 224 Å². The van der Waals surface area contributed by atoms with E-state index in [-0.39, 0.29) is 45.8 Å². The van der Waals surface area contributed by atoms with E-state index in [0.717, 1.165) is 18.6 Å². The lowest BCUT2D eigenvalue weighted by atomic mass is 10.1. The van der Waals surface area contributed by atoms with Crippen LogP contribution in [0, 0.1) is 23.3 Å². The van der Waals surface area contributed by atoms with E-state index < -0.39 is 34.6 Å². The first kappa shape index (κ1) is 81.6. The van der Waals surface area contributed by atoms with Crippen LogP contribution in [-0.2, 0) is 55.1 Å². The molecule has 42 heteroatoms. The molecule has 0 fully saturated rings. The van der Waals surface area contributed by atoms with Crippen molar-refractivity contribution in [1.82, 2.24) is 137 Å². The molecule has 2 N–H and O–H groups in total. The summed E-state index contributed by atoms with van der Waals surface area (Å²) in [5.41, 5.74) is 11.5. The number of methoxy groups -OCH3 is 6. The molecule has 636 valence electrons. The van der Waals surface area contributed by atoms with Crippen molar-refractivity contribution in [2.45, 2.75) is 26.7 Å². The van der Waals surface area contributed by atoms with Crippen LogP contribution in [0.1, 0.15) is 25.0 Å². The molecule has 0 unspecified atom stereocenters. The Morgan fingerprint density at radius 2 is 0.738 bits per heavy atom. The largest absolute Gasteiger partial charge is 0.496 e. The highest BCUT2D eigenvalue weighted by Crippen LogP contribution is 2.42. The maximum absolute atomic E-state index is 15.0. The number of aromatic nitrogens is 28. The summed E-state index contributed by atoms with van der Waals surface area (Å²) in [6.45, 7) is 3.79. The van der Waals surface area contributed by atoms with Crippen molar-refractivity contribution in [3.63, 3.8) is 0 Å². The van der Waals surface area contributed by atoms with E-state index >= 15 is 4.39 Å². The minimum atomic E-state index is -0.691. The van der Waals surface area contributed by atoms with Crippen LogP contribution in [-0.4, -0.2) is 180 Å². The summed E-state index contributed by atoms with van der Waals surface area (Å²) >= 11 is 0. The molecule has 0 aliphatic rings. The molecule has 0 radical (unpaired) electrons. The van der Waals surface area contributed by atoms with E-state index in [1.807, 2.05) is 32.0 Å². The third-order valence-corrected chi connectivity index (χ3v) is 21.6. The van der Waals surface area contributed by atoms with E-state index in [1.165, 1.54) is 74.0 Å². The first-order chi connectivity index (χ1) is 61.0. The van der Waals surface area contributed by atoms with Crippen LogP contribution < -0.4 is 51.2 Å². The van der Waals surface area contributed by atoms with Gasteiger partial charge in [-0.1, -0.05) is 19.1 Å². The van der Waals surface area contributed by atoms with Crippen molar-refractivity contribution >= 4 is 87.7 Å². The highest BCUT2D eigenvalue weighted by molar-refractivity contribution is 6.09. The summed E-state index contributed by atoms with van der Waals surface area (Å²) in [5.74, 6) is -0.0592. The maximum Gasteiger partial charge on any atom is 0.334 e. The van der Waals surface area contributed by atoms with Gasteiger partial charge in [-0.2, -0.15) is 45.8 Å². The van der Waals surface area contributed by atoms with Crippen molar-refractivity contribution in [1.29, 1.82) is 0 Å². The minimum Gasteiger partial charge on any atom is -0.496 e. The van der Waals surface area contributed by atoms with Gasteiger partial charge in [0, 0.05) is 129 Å². The Morgan fingerprint density at radius 1 is 0.365 bits per heavy atom. The smallest absolute Gasteiger partial charge is 0.334 e. The first-order valence-corrected chi connectivity index (χ1v) is 38.4. The second-order valence-electron chi connectivity index (χ2n) is 28.5. The predicted molar refractivity (Wildman–Crippen MR) is 455 cm³/mol. The Hall–Kier alpha value is -16.7. The predicted octanol–water partition coefficient (Wildman–Crippen LogP) is 9.98. The van der Waals surface area contributed by atoms with E-state index in [2.05, 4.69) is 91.2 Å². The number of rotatable bonds is 16. The van der Waals surface area contributed by atoms with Crippen molar-refractivity contribution in [2.75, 3.05) is 42.7 Å². The van der Waals surface area contributed by atoms with Crippen LogP contribution >= 0.6 is 0 Å². The monoisotopic (exact) mass is 1710 g/mol. The summed E-state index contributed by atoms with van der Waals surface area (Å²) in [4.78, 5) is 88.2. The molecule has 20 aromatic rings. The highest BCUT2D eigenvalue weighted by atomic mass is 19.1. The topological polar surface area (TPSA) is 411 Å². The maximum atomic E-state index is 15.0. The molecule has 16 aromatic heterocycles. The first-order valence-electron chi connectivity index (χ1n) is 38.4. The van der Waals surface area contributed by atoms with Crippen LogP contribution in [0.4, 0.5) is 17.6 Å². The fourth-order valence-electron chi connectivity index (χ4n) is 15.4. The Kier molecular flexibility index (Phi) is 21.2. The summed E-state index contributed by atoms with van der Waals surface area (Å²) in [5, 5.41) is 40.4. The molecule has 0 amide bonds. The SMILES string of the molecule is CCc1cncc(F)c1-n1c(=O)n(C)c2cnc3cc(OC)c(-c4cn(C)nn4)cc3c21.CCc1cncc(F)c1-n1c(=O)n(C)c2cnc3cc(OC)c(-c4cn[nH]n4)cc3c21.COc1cc2ncc3c(c2cc1-c1cnn(C)n1)n(-c1c(F)cncc1OC)c(=O)n3C.COc1cnc(-n2c(=O)n(C)c3cnc4cc(OC)c(-c5cn[nH]n5)cc4c32)c(F)c1. The lowest BCUT2D eigenvalue weighted by Gasteiger charge is -2.12. The van der Waals surface area contributed by atoms with Gasteiger partial charge in [0.25, 0.3) is 0 Å². The fourth-order valence-corrected chi connectivity index (χ4v) is 15.4. The number of benzene rings is 4. The number of hydrogen-bond donors (Lipinski definition) is 2. The van der Waals surface area contributed by atoms with Gasteiger partial charge in [0.1, 0.15) is 57.2 Å². The van der Waals surface area contributed by atoms with Gasteiger partial charge in [-0.3, -0.25) is 71.5 Å². The lowest BCUT2D eigenvalue weighted by Crippen LogP contribution is -2.22. The zero-order valence-electron chi connectivity index (χ0n) is 69.5. The van der Waals surface area contributed by atoms with Crippen LogP contribution in [0.3, 0.4) is 0 Å². The molecule has 38 nitrogen and oxygen atoms in total. The van der Waals surface area contributed by atoms with Crippen molar-refractivity contribution < 1.29 is 46.0 Å². The van der Waals surface area contributed by atoms with Gasteiger partial charge in [-0.25, -0.2) is 46.3 Å². The molecule has 0 atom stereocenters. The average molecular weight is 1710 g/mol. The quantitative estimate of drug-likeness (QED) is 0.0849. The van der Waals surface area contributed by atoms with Gasteiger partial charge < -0.3 is 28.4 Å². The number of pyridine rings is 8. The molecule has 0 bridgehead atoms. The summed E-state index contributed by atoms with van der Waals surface area (Å²) in [6.07, 6.45) is 23.1. The summed E-state index contributed by atoms with van der Waals surface area (Å²) < 4.78 is 105. The number of aryl methyl sites for hydroxylation is 8. The molecule has 4 aromatic carbocycles. The van der Waals surface area contributed by atoms with E-state index in [4.69, 9.17) is 28.4 Å². The second-order valence-corrected chi connectivity index (χ2v) is 28.5. The third kappa shape index (κ3) is 13.6. The number of imidazole rings is 4. The number of hydrogen-bond acceptors (Lipinski definition) is 26. The van der Waals surface area contributed by atoms with Gasteiger partial charge in [0.05, 0.1) is 201 Å². The standard InChI is InChI=1S/C22H20FN7O2.C21H18FN7O3.C21H18FN7O2.C20H16FN7O3/c1-5-12-8-24-9-15(23)20(12)30-21-14-6-13(17-11-28(2)27-26-17)19(32-4)7-16(14)25-10-18(21)29(3)22(30)31;1-27-16-9-24-14-6-17(31-3)11(15-8-25-28(2)26-15)5-12(14)19(16)29(21(27)30)20-13(22)7-23-10-18(20)32-4;1-4-11-7-23-8-14(22)19(11)29-20-13-5-12(16-9-25-27-26-16)18(31-3)6-15(13)24-10-17(20)28(2)21(29)30;1-27-16-9-22-14-6-17(31-3)11(15-8-24-26-25-15)5-12(14)18(16)28(20(27)29)19-13(21)4-10(30-2)7-23-19/h6-11H,5H2,1-4H3;5-10H,1-4H3;5-10H,4H2,1-3H3,(H,25,26,27);4-9H,1-3H3,(H,24,25,26). The fraction of sp³-hybridized carbons (Fsp3) is 0.190. The van der Waals surface area contributed by atoms with Crippen LogP contribution in [0.15, 0.2) is 167 Å². The number of aromatic amines is 2. The van der Waals surface area contributed by atoms with Crippen LogP contribution in [0.5, 0.6) is 34.5 Å². The Morgan fingerprint density at radius 3 is 1.09 bits per heavy atom. The van der Waals surface area contributed by atoms with E-state index in [0.29, 0.717) is 180 Å². The summed E-state index contributed by atoms with van der Waals surface area (Å²) in [7, 11) is 19.0. The molecule has 0 aliphatic heterocycles. The molecule has 0 saturated carbocycles. The minimum absolute atomic E-state index is 0.0255. The second kappa shape index (κ2) is 32.7. The molecular weight excluding hydrogens is 1640 g/mol. The molecule has 20 rings (SSSR count). The Labute approximate surface area is 705 Å². The van der Waals surface area contributed by atoms with Crippen LogP contribution in [0.2, 0.25) is 0 Å². The van der Waals surface area contributed by atoms with Crippen molar-refractivity contribution in [2.24, 2.45) is 42.3 Å². The van der Waals surface area contributed by atoms with Gasteiger partial charge in [-0.05, 0) is 48.2 Å². The Bertz CT molecular complexity index is 7770. The van der Waals surface area contributed by atoms with Crippen LogP contribution in [0.25, 0.3) is 156 Å². The normalized spacial score (nSPS) is 11.4. The molecular formula is C84H72F4N28O10. The van der Waals surface area contributed by atoms with E-state index in [1.54, 1.807) is 168 Å². The number of H-pyrrole nitrogens is 2. The van der Waals surface area contributed by atoms with Crippen molar-refractivity contribution in [3.8, 4) is 102 Å². The third-order valence-electron chi connectivity index (χ3n) is 21.6. The highest BCUT2D eigenvalue weighted by Gasteiger charge is 2.30. The summed E-state index contributed by atoms with van der Waals surface area (Å²) in [6, 6.07) is 15.5. The molecule has 0 aliphatic carbocycles. The van der Waals surface area contributed by atoms with E-state index in [9.17, 15) is 32.3 Å². The Balaban J connectivity index is 0.000000119. The zero-order chi connectivity index (χ0) is 88.5. The molecule has 126 heavy (non-hydrogen) atoms. The number of fused-ring (bicyclic) bond motifs is 12. The van der Waals surface area contributed by atoms with Gasteiger partial charge in [0.2, 0.25) is 0 Å². The average Bonchev–Trinajstić information content (AvgIpc) is 1.58. The van der Waals surface area contributed by atoms with Gasteiger partial charge >= 0.3 is 22.8 Å².